The third-order valence-corrected chi connectivity index (χ3v) is 10.6. The second kappa shape index (κ2) is 13.4. The Balaban J connectivity index is 4.20. The Bertz CT molecular complexity index is 349. The van der Waals surface area contributed by atoms with Crippen LogP contribution in [0.3, 0.4) is 0 Å². The van der Waals surface area contributed by atoms with Crippen molar-refractivity contribution in [2.45, 2.75) is 83.0 Å². The van der Waals surface area contributed by atoms with Crippen LogP contribution in [0, 0.1) is 0 Å². The molecule has 0 aromatic carbocycles. The van der Waals surface area contributed by atoms with Crippen LogP contribution < -0.4 is 0 Å². The van der Waals surface area contributed by atoms with Crippen molar-refractivity contribution >= 4 is 16.4 Å². The fourth-order valence-corrected chi connectivity index (χ4v) is 10.4. The molecule has 0 heterocycles. The Labute approximate surface area is 163 Å². The third-order valence-electron chi connectivity index (χ3n) is 4.39. The summed E-state index contributed by atoms with van der Waals surface area (Å²) in [5, 5.41) is 17.5. The van der Waals surface area contributed by atoms with Gasteiger partial charge in [-0.2, -0.15) is 0 Å². The second-order valence-electron chi connectivity index (χ2n) is 9.20. The molecule has 0 rings (SSSR count). The standard InChI is InChI=1S/C19H44O5Si2/c1-19(2,24-26(5,6)17-9-13-23-15-11-21)18-25(3,4)16-8-7-12-22-14-10-20/h20-21H,7-18H2,1-6H3. The fraction of sp³-hybridized carbons (Fsp3) is 1.00. The van der Waals surface area contributed by atoms with Gasteiger partial charge in [-0.3, -0.25) is 0 Å². The van der Waals surface area contributed by atoms with Gasteiger partial charge in [0.15, 0.2) is 8.32 Å². The lowest BCUT2D eigenvalue weighted by atomic mass is 10.2. The lowest BCUT2D eigenvalue weighted by molar-refractivity contribution is 0.0890. The van der Waals surface area contributed by atoms with Crippen LogP contribution in [0.4, 0.5) is 0 Å². The zero-order chi connectivity index (χ0) is 20.1. The molecular formula is C19H44O5Si2. The summed E-state index contributed by atoms with van der Waals surface area (Å²) in [4.78, 5) is 0. The molecule has 0 radical (unpaired) electrons. The van der Waals surface area contributed by atoms with Gasteiger partial charge >= 0.3 is 0 Å². The first-order chi connectivity index (χ1) is 12.0. The van der Waals surface area contributed by atoms with Gasteiger partial charge in [0.25, 0.3) is 0 Å². The predicted octanol–water partition coefficient (Wildman–Crippen LogP) is 3.88. The number of aliphatic hydroxyl groups excluding tert-OH is 2. The molecule has 0 atom stereocenters. The highest BCUT2D eigenvalue weighted by atomic mass is 28.4. The van der Waals surface area contributed by atoms with Gasteiger partial charge < -0.3 is 24.1 Å². The van der Waals surface area contributed by atoms with Crippen molar-refractivity contribution in [3.63, 3.8) is 0 Å². The van der Waals surface area contributed by atoms with Gasteiger partial charge in [-0.1, -0.05) is 25.6 Å². The lowest BCUT2D eigenvalue weighted by Gasteiger charge is -2.39. The summed E-state index contributed by atoms with van der Waals surface area (Å²) in [7, 11) is -3.03. The van der Waals surface area contributed by atoms with E-state index in [0.717, 1.165) is 25.5 Å². The van der Waals surface area contributed by atoms with Crippen LogP contribution in [0.2, 0.25) is 44.3 Å². The van der Waals surface area contributed by atoms with Crippen LogP contribution in [-0.4, -0.2) is 71.8 Å². The Morgan fingerprint density at radius 3 is 1.81 bits per heavy atom. The maximum absolute atomic E-state index is 8.75. The maximum Gasteiger partial charge on any atom is 0.187 e. The predicted molar refractivity (Wildman–Crippen MR) is 114 cm³/mol. The molecule has 0 saturated heterocycles. The first kappa shape index (κ1) is 26.2. The van der Waals surface area contributed by atoms with Crippen molar-refractivity contribution < 1.29 is 24.1 Å². The van der Waals surface area contributed by atoms with E-state index < -0.39 is 16.4 Å². The number of aliphatic hydroxyl groups is 2. The van der Waals surface area contributed by atoms with Crippen molar-refractivity contribution in [3.8, 4) is 0 Å². The van der Waals surface area contributed by atoms with Gasteiger partial charge in [-0.25, -0.2) is 0 Å². The minimum absolute atomic E-state index is 0.0647. The third kappa shape index (κ3) is 15.3. The zero-order valence-electron chi connectivity index (χ0n) is 18.1. The normalized spacial score (nSPS) is 13.4. The molecule has 0 aromatic heterocycles. The van der Waals surface area contributed by atoms with E-state index in [1.54, 1.807) is 0 Å². The van der Waals surface area contributed by atoms with Crippen molar-refractivity contribution in [1.82, 2.24) is 0 Å². The molecule has 0 aromatic rings. The molecule has 0 amide bonds. The van der Waals surface area contributed by atoms with E-state index in [4.69, 9.17) is 24.1 Å². The quantitative estimate of drug-likeness (QED) is 0.282. The van der Waals surface area contributed by atoms with Crippen LogP contribution in [-0.2, 0) is 13.9 Å². The second-order valence-corrected chi connectivity index (χ2v) is 18.6. The molecule has 0 aliphatic rings. The minimum atomic E-state index is -1.72. The lowest BCUT2D eigenvalue weighted by Crippen LogP contribution is -2.45. The van der Waals surface area contributed by atoms with E-state index in [1.165, 1.54) is 18.5 Å². The molecule has 0 saturated carbocycles. The largest absolute Gasteiger partial charge is 0.413 e. The minimum Gasteiger partial charge on any atom is -0.413 e. The summed E-state index contributed by atoms with van der Waals surface area (Å²) in [6, 6.07) is 3.56. The van der Waals surface area contributed by atoms with E-state index in [2.05, 4.69) is 40.0 Å². The molecule has 7 heteroatoms. The molecule has 2 N–H and O–H groups in total. The number of rotatable bonds is 17. The monoisotopic (exact) mass is 408 g/mol. The van der Waals surface area contributed by atoms with Gasteiger partial charge in [0.2, 0.25) is 0 Å². The number of hydrogen-bond donors (Lipinski definition) is 2. The highest BCUT2D eigenvalue weighted by molar-refractivity contribution is 6.77. The maximum atomic E-state index is 8.75. The molecule has 158 valence electrons. The topological polar surface area (TPSA) is 68.2 Å². The van der Waals surface area contributed by atoms with E-state index in [1.807, 2.05) is 0 Å². The molecule has 0 spiro atoms. The molecule has 0 bridgehead atoms. The smallest absolute Gasteiger partial charge is 0.187 e. The van der Waals surface area contributed by atoms with Crippen LogP contribution in [0.25, 0.3) is 0 Å². The van der Waals surface area contributed by atoms with Crippen molar-refractivity contribution in [2.75, 3.05) is 39.6 Å². The van der Waals surface area contributed by atoms with E-state index in [9.17, 15) is 0 Å². The summed E-state index contributed by atoms with van der Waals surface area (Å²) in [5.41, 5.74) is -0.0647. The average Bonchev–Trinajstić information content (AvgIpc) is 2.48. The first-order valence-corrected chi connectivity index (χ1v) is 16.6. The Kier molecular flexibility index (Phi) is 13.5. The Morgan fingerprint density at radius 2 is 1.27 bits per heavy atom. The SMILES string of the molecule is CC(C)(C[Si](C)(C)CCCCOCCO)O[Si](C)(C)CCCOCCO. The van der Waals surface area contributed by atoms with Gasteiger partial charge in [-0.15, -0.1) is 0 Å². The van der Waals surface area contributed by atoms with Crippen molar-refractivity contribution in [2.24, 2.45) is 0 Å². The summed E-state index contributed by atoms with van der Waals surface area (Å²) in [6.07, 6.45) is 3.28. The van der Waals surface area contributed by atoms with Gasteiger partial charge in [0.1, 0.15) is 0 Å². The van der Waals surface area contributed by atoms with E-state index >= 15 is 0 Å². The fourth-order valence-electron chi connectivity index (χ4n) is 3.82. The van der Waals surface area contributed by atoms with Crippen LogP contribution >= 0.6 is 0 Å². The molecule has 0 fully saturated rings. The average molecular weight is 409 g/mol. The molecule has 26 heavy (non-hydrogen) atoms. The van der Waals surface area contributed by atoms with Crippen LogP contribution in [0.15, 0.2) is 0 Å². The molecular weight excluding hydrogens is 364 g/mol. The van der Waals surface area contributed by atoms with Gasteiger partial charge in [-0.05, 0) is 51.9 Å². The molecule has 0 aliphatic heterocycles. The summed E-state index contributed by atoms with van der Waals surface area (Å²) < 4.78 is 17.4. The highest BCUT2D eigenvalue weighted by Gasteiger charge is 2.35. The number of hydrogen-bond acceptors (Lipinski definition) is 5. The summed E-state index contributed by atoms with van der Waals surface area (Å²) in [5.74, 6) is 0. The van der Waals surface area contributed by atoms with E-state index in [0.29, 0.717) is 19.8 Å². The van der Waals surface area contributed by atoms with Crippen molar-refractivity contribution in [3.05, 3.63) is 0 Å². The van der Waals surface area contributed by atoms with E-state index in [-0.39, 0.29) is 18.8 Å². The van der Waals surface area contributed by atoms with Gasteiger partial charge in [0.05, 0.1) is 34.5 Å². The summed E-state index contributed by atoms with van der Waals surface area (Å²) >= 11 is 0. The van der Waals surface area contributed by atoms with Crippen molar-refractivity contribution in [1.29, 1.82) is 0 Å². The molecule has 0 unspecified atom stereocenters. The van der Waals surface area contributed by atoms with Crippen LogP contribution in [0.5, 0.6) is 0 Å². The highest BCUT2D eigenvalue weighted by Crippen LogP contribution is 2.32. The van der Waals surface area contributed by atoms with Crippen LogP contribution in [0.1, 0.15) is 33.1 Å². The number of ether oxygens (including phenoxy) is 2. The molecule has 5 nitrogen and oxygen atoms in total. The summed E-state index contributed by atoms with van der Waals surface area (Å²) in [6.45, 7) is 16.6. The Hall–Kier alpha value is 0.234. The Morgan fingerprint density at radius 1 is 0.731 bits per heavy atom. The number of unbranched alkanes of at least 4 members (excludes halogenated alkanes) is 1. The zero-order valence-corrected chi connectivity index (χ0v) is 20.1. The van der Waals surface area contributed by atoms with Gasteiger partial charge in [0, 0.05) is 18.8 Å². The molecule has 0 aliphatic carbocycles. The first-order valence-electron chi connectivity index (χ1n) is 10.1.